The van der Waals surface area contributed by atoms with Crippen molar-refractivity contribution < 1.29 is 5.11 Å². The Hall–Kier alpha value is -1.37. The Morgan fingerprint density at radius 1 is 1.41 bits per heavy atom. The van der Waals surface area contributed by atoms with E-state index in [0.717, 1.165) is 12.0 Å². The average molecular weight is 230 g/mol. The summed E-state index contributed by atoms with van der Waals surface area (Å²) in [5, 5.41) is 19.1. The normalized spacial score (nSPS) is 20.3. The molecule has 0 spiro atoms. The Balaban J connectivity index is 1.93. The summed E-state index contributed by atoms with van der Waals surface area (Å²) < 4.78 is 0. The zero-order valence-corrected chi connectivity index (χ0v) is 10.1. The van der Waals surface area contributed by atoms with Gasteiger partial charge < -0.3 is 5.11 Å². The molecule has 90 valence electrons. The van der Waals surface area contributed by atoms with Crippen molar-refractivity contribution in [3.8, 4) is 6.07 Å². The van der Waals surface area contributed by atoms with Crippen LogP contribution in [0, 0.1) is 11.3 Å². The highest BCUT2D eigenvalue weighted by molar-refractivity contribution is 5.25. The minimum atomic E-state index is -0.517. The van der Waals surface area contributed by atoms with E-state index in [1.807, 2.05) is 37.3 Å². The number of hydrogen-bond donors (Lipinski definition) is 1. The molecule has 0 aliphatic carbocycles. The molecule has 1 fully saturated rings. The van der Waals surface area contributed by atoms with Gasteiger partial charge in [-0.2, -0.15) is 5.26 Å². The molecule has 0 radical (unpaired) electrons. The molecule has 1 aromatic carbocycles. The largest absolute Gasteiger partial charge is 0.387 e. The van der Waals surface area contributed by atoms with Crippen LogP contribution < -0.4 is 0 Å². The molecule has 1 saturated heterocycles. The second kappa shape index (κ2) is 4.87. The van der Waals surface area contributed by atoms with Crippen LogP contribution in [0.25, 0.3) is 0 Å². The molecule has 1 N–H and O–H groups in total. The van der Waals surface area contributed by atoms with Crippen molar-refractivity contribution in [2.75, 3.05) is 19.6 Å². The molecule has 2 rings (SSSR count). The third-order valence-corrected chi connectivity index (χ3v) is 3.49. The smallest absolute Gasteiger partial charge is 0.0897 e. The molecule has 1 aliphatic rings. The first kappa shape index (κ1) is 12.1. The number of aliphatic hydroxyl groups is 1. The molecule has 0 aromatic heterocycles. The van der Waals surface area contributed by atoms with Crippen molar-refractivity contribution in [1.29, 1.82) is 5.26 Å². The Kier molecular flexibility index (Phi) is 3.46. The summed E-state index contributed by atoms with van der Waals surface area (Å²) in [6.45, 7) is 4.09. The monoisotopic (exact) mass is 230 g/mol. The summed E-state index contributed by atoms with van der Waals surface area (Å²) in [5.41, 5.74) is 0.540. The number of nitrogens with zero attached hydrogens (tertiary/aromatic N) is 2. The zero-order chi connectivity index (χ0) is 12.3. The second-order valence-corrected chi connectivity index (χ2v) is 4.84. The van der Waals surface area contributed by atoms with Crippen molar-refractivity contribution in [1.82, 2.24) is 4.90 Å². The maximum absolute atomic E-state index is 9.92. The molecule has 1 aromatic rings. The van der Waals surface area contributed by atoms with Gasteiger partial charge in [0.1, 0.15) is 0 Å². The number of β-amino-alcohol motifs (C(OH)–C–C–N with tert-alkyl or cyclic N) is 1. The highest BCUT2D eigenvalue weighted by atomic mass is 16.3. The molecular weight excluding hydrogens is 212 g/mol. The van der Waals surface area contributed by atoms with Crippen molar-refractivity contribution in [3.05, 3.63) is 35.9 Å². The van der Waals surface area contributed by atoms with Crippen LogP contribution in [0.5, 0.6) is 0 Å². The maximum atomic E-state index is 9.92. The lowest BCUT2D eigenvalue weighted by molar-refractivity contribution is -0.0996. The minimum absolute atomic E-state index is 0.0994. The zero-order valence-electron chi connectivity index (χ0n) is 10.1. The van der Waals surface area contributed by atoms with Crippen molar-refractivity contribution in [2.24, 2.45) is 0 Å². The summed E-state index contributed by atoms with van der Waals surface area (Å²) in [5.74, 6) is -0.0994. The van der Waals surface area contributed by atoms with Crippen molar-refractivity contribution >= 4 is 0 Å². The van der Waals surface area contributed by atoms with Gasteiger partial charge in [0, 0.05) is 19.6 Å². The predicted molar refractivity (Wildman–Crippen MR) is 66.5 cm³/mol. The van der Waals surface area contributed by atoms with Crippen LogP contribution in [0.4, 0.5) is 0 Å². The third kappa shape index (κ3) is 2.66. The standard InChI is InChI=1S/C14H18N2O/c1-2-14(17)10-16(11-14)9-13(8-15)12-6-4-3-5-7-12/h3-7,13,17H,2,9-11H2,1H3. The van der Waals surface area contributed by atoms with Gasteiger partial charge in [0.25, 0.3) is 0 Å². The average Bonchev–Trinajstić information content (AvgIpc) is 2.34. The summed E-state index contributed by atoms with van der Waals surface area (Å²) in [6, 6.07) is 12.2. The molecule has 1 aliphatic heterocycles. The highest BCUT2D eigenvalue weighted by Crippen LogP contribution is 2.27. The molecule has 0 bridgehead atoms. The quantitative estimate of drug-likeness (QED) is 0.857. The minimum Gasteiger partial charge on any atom is -0.387 e. The molecule has 3 heteroatoms. The lowest BCUT2D eigenvalue weighted by Crippen LogP contribution is -2.61. The fraction of sp³-hybridized carbons (Fsp3) is 0.500. The number of rotatable bonds is 4. The van der Waals surface area contributed by atoms with Crippen LogP contribution in [0.1, 0.15) is 24.8 Å². The van der Waals surface area contributed by atoms with Gasteiger partial charge in [-0.25, -0.2) is 0 Å². The van der Waals surface area contributed by atoms with Gasteiger partial charge in [-0.1, -0.05) is 37.3 Å². The van der Waals surface area contributed by atoms with E-state index in [1.54, 1.807) is 0 Å². The van der Waals surface area contributed by atoms with Gasteiger partial charge in [0.2, 0.25) is 0 Å². The van der Waals surface area contributed by atoms with E-state index in [-0.39, 0.29) is 5.92 Å². The van der Waals surface area contributed by atoms with Crippen LogP contribution in [-0.2, 0) is 0 Å². The predicted octanol–water partition coefficient (Wildman–Crippen LogP) is 1.75. The van der Waals surface area contributed by atoms with E-state index in [9.17, 15) is 10.4 Å². The van der Waals surface area contributed by atoms with E-state index < -0.39 is 5.60 Å². The maximum Gasteiger partial charge on any atom is 0.0897 e. The van der Waals surface area contributed by atoms with Gasteiger partial charge in [0.05, 0.1) is 17.6 Å². The number of nitriles is 1. The van der Waals surface area contributed by atoms with E-state index in [1.165, 1.54) is 0 Å². The first-order valence-corrected chi connectivity index (χ1v) is 6.06. The first-order chi connectivity index (χ1) is 8.17. The summed E-state index contributed by atoms with van der Waals surface area (Å²) in [7, 11) is 0. The highest BCUT2D eigenvalue weighted by Gasteiger charge is 2.40. The summed E-state index contributed by atoms with van der Waals surface area (Å²) >= 11 is 0. The number of benzene rings is 1. The molecule has 1 atom stereocenters. The Morgan fingerprint density at radius 2 is 2.06 bits per heavy atom. The number of likely N-dealkylation sites (tertiary alicyclic amines) is 1. The molecule has 0 amide bonds. The van der Waals surface area contributed by atoms with Gasteiger partial charge in [-0.3, -0.25) is 4.90 Å². The van der Waals surface area contributed by atoms with Crippen LogP contribution in [0.3, 0.4) is 0 Å². The molecule has 17 heavy (non-hydrogen) atoms. The number of hydrogen-bond acceptors (Lipinski definition) is 3. The van der Waals surface area contributed by atoms with Gasteiger partial charge in [-0.15, -0.1) is 0 Å². The molecule has 1 unspecified atom stereocenters. The first-order valence-electron chi connectivity index (χ1n) is 6.06. The second-order valence-electron chi connectivity index (χ2n) is 4.84. The summed E-state index contributed by atoms with van der Waals surface area (Å²) in [6.07, 6.45) is 0.784. The Labute approximate surface area is 102 Å². The topological polar surface area (TPSA) is 47.3 Å². The van der Waals surface area contributed by atoms with Crippen molar-refractivity contribution in [3.63, 3.8) is 0 Å². The molecule has 0 saturated carbocycles. The van der Waals surface area contributed by atoms with Crippen LogP contribution in [-0.4, -0.2) is 35.2 Å². The van der Waals surface area contributed by atoms with E-state index in [0.29, 0.717) is 19.6 Å². The molecular formula is C14H18N2O. The van der Waals surface area contributed by atoms with E-state index >= 15 is 0 Å². The van der Waals surface area contributed by atoms with Crippen molar-refractivity contribution in [2.45, 2.75) is 24.9 Å². The van der Waals surface area contributed by atoms with Crippen LogP contribution >= 0.6 is 0 Å². The van der Waals surface area contributed by atoms with Gasteiger partial charge >= 0.3 is 0 Å². The Bertz CT molecular complexity index is 404. The Morgan fingerprint density at radius 3 is 2.59 bits per heavy atom. The van der Waals surface area contributed by atoms with E-state index in [4.69, 9.17) is 0 Å². The third-order valence-electron chi connectivity index (χ3n) is 3.49. The van der Waals surface area contributed by atoms with Crippen LogP contribution in [0.15, 0.2) is 30.3 Å². The fourth-order valence-electron chi connectivity index (χ4n) is 2.30. The SMILES string of the molecule is CCC1(O)CN(CC(C#N)c2ccccc2)C1. The lowest BCUT2D eigenvalue weighted by atomic mass is 9.89. The van der Waals surface area contributed by atoms with Crippen LogP contribution in [0.2, 0.25) is 0 Å². The van der Waals surface area contributed by atoms with Gasteiger partial charge in [-0.05, 0) is 12.0 Å². The van der Waals surface area contributed by atoms with E-state index in [2.05, 4.69) is 11.0 Å². The lowest BCUT2D eigenvalue weighted by Gasteiger charge is -2.46. The fourth-order valence-corrected chi connectivity index (χ4v) is 2.30. The summed E-state index contributed by atoms with van der Waals surface area (Å²) in [4.78, 5) is 2.14. The van der Waals surface area contributed by atoms with Gasteiger partial charge in [0.15, 0.2) is 0 Å². The molecule has 1 heterocycles. The molecule has 3 nitrogen and oxygen atoms in total.